The number of hydrogen-bond donors (Lipinski definition) is 0. The van der Waals surface area contributed by atoms with Crippen molar-refractivity contribution in [3.05, 3.63) is 29.1 Å². The zero-order valence-electron chi connectivity index (χ0n) is 6.27. The summed E-state index contributed by atoms with van der Waals surface area (Å²) >= 11 is 6.79. The normalized spacial score (nSPS) is 10.1. The zero-order valence-corrected chi connectivity index (χ0v) is 9.44. The first-order valence-corrected chi connectivity index (χ1v) is 5.59. The van der Waals surface area contributed by atoms with Crippen molar-refractivity contribution >= 4 is 31.9 Å². The van der Waals surface area contributed by atoms with E-state index < -0.39 is 0 Å². The number of hydrogen-bond acceptors (Lipinski definition) is 1. The fourth-order valence-electron chi connectivity index (χ4n) is 0.961. The van der Waals surface area contributed by atoms with Crippen LogP contribution in [0.2, 0.25) is 0 Å². The molecule has 0 N–H and O–H groups in total. The van der Waals surface area contributed by atoms with Crippen molar-refractivity contribution < 1.29 is 0 Å². The summed E-state index contributed by atoms with van der Waals surface area (Å²) in [6.07, 6.45) is 0. The molecule has 0 spiro atoms. The van der Waals surface area contributed by atoms with Crippen LogP contribution in [0.25, 0.3) is 0 Å². The third-order valence-electron chi connectivity index (χ3n) is 1.36. The van der Waals surface area contributed by atoms with Gasteiger partial charge in [-0.3, -0.25) is 4.98 Å². The highest BCUT2D eigenvalue weighted by Gasteiger charge is 1.96. The first kappa shape index (κ1) is 9.20. The molecule has 0 fully saturated rings. The monoisotopic (exact) mass is 277 g/mol. The summed E-state index contributed by atoms with van der Waals surface area (Å²) in [5.74, 6) is 0. The van der Waals surface area contributed by atoms with Crippen molar-refractivity contribution in [3.63, 3.8) is 0 Å². The molecule has 0 amide bonds. The molecule has 0 saturated carbocycles. The van der Waals surface area contributed by atoms with Crippen LogP contribution >= 0.6 is 31.9 Å². The maximum absolute atomic E-state index is 4.33. The summed E-state index contributed by atoms with van der Waals surface area (Å²) in [6, 6.07) is 4.18. The van der Waals surface area contributed by atoms with Gasteiger partial charge in [0.2, 0.25) is 0 Å². The molecule has 1 nitrogen and oxygen atoms in total. The molecule has 11 heavy (non-hydrogen) atoms. The number of halogens is 2. The van der Waals surface area contributed by atoms with E-state index >= 15 is 0 Å². The Morgan fingerprint density at radius 1 is 1.27 bits per heavy atom. The summed E-state index contributed by atoms with van der Waals surface area (Å²) in [5, 5.41) is 1.73. The Kier molecular flexibility index (Phi) is 3.52. The highest BCUT2D eigenvalue weighted by molar-refractivity contribution is 9.08. The summed E-state index contributed by atoms with van der Waals surface area (Å²) in [6.45, 7) is 2.01. The minimum atomic E-state index is 0.828. The molecule has 1 aromatic rings. The quantitative estimate of drug-likeness (QED) is 0.758. The molecule has 0 unspecified atom stereocenters. The van der Waals surface area contributed by atoms with Gasteiger partial charge in [0.1, 0.15) is 0 Å². The summed E-state index contributed by atoms with van der Waals surface area (Å²) < 4.78 is 0. The lowest BCUT2D eigenvalue weighted by atomic mass is 10.2. The molecule has 0 aliphatic carbocycles. The van der Waals surface area contributed by atoms with Crippen molar-refractivity contribution in [2.75, 3.05) is 0 Å². The van der Waals surface area contributed by atoms with E-state index in [0.29, 0.717) is 0 Å². The standard InChI is InChI=1S/C8H9Br2N/c1-6-2-7(4-9)3-8(5-10)11-6/h2-3H,4-5H2,1H3. The fraction of sp³-hybridized carbons (Fsp3) is 0.375. The number of nitrogens with zero attached hydrogens (tertiary/aromatic N) is 1. The number of aryl methyl sites for hydroxylation is 1. The molecule has 0 atom stereocenters. The Labute approximate surface area is 83.5 Å². The smallest absolute Gasteiger partial charge is 0.0515 e. The molecule has 1 heterocycles. The second-order valence-electron chi connectivity index (χ2n) is 2.38. The van der Waals surface area contributed by atoms with E-state index in [1.54, 1.807) is 0 Å². The van der Waals surface area contributed by atoms with E-state index in [2.05, 4.69) is 49.0 Å². The molecule has 0 aromatic carbocycles. The molecular formula is C8H9Br2N. The van der Waals surface area contributed by atoms with Crippen LogP contribution in [-0.4, -0.2) is 4.98 Å². The SMILES string of the molecule is Cc1cc(CBr)cc(CBr)n1. The third-order valence-corrected chi connectivity index (χ3v) is 2.58. The Bertz CT molecular complexity index is 226. The molecular weight excluding hydrogens is 270 g/mol. The topological polar surface area (TPSA) is 12.9 Å². The van der Waals surface area contributed by atoms with Gasteiger partial charge in [-0.2, -0.15) is 0 Å². The summed E-state index contributed by atoms with van der Waals surface area (Å²) in [4.78, 5) is 4.33. The molecule has 0 aliphatic rings. The maximum Gasteiger partial charge on any atom is 0.0515 e. The van der Waals surface area contributed by atoms with E-state index in [4.69, 9.17) is 0 Å². The van der Waals surface area contributed by atoms with Gasteiger partial charge in [-0.25, -0.2) is 0 Å². The predicted octanol–water partition coefficient (Wildman–Crippen LogP) is 3.18. The Morgan fingerprint density at radius 3 is 2.55 bits per heavy atom. The minimum absolute atomic E-state index is 0.828. The lowest BCUT2D eigenvalue weighted by Gasteiger charge is -2.00. The van der Waals surface area contributed by atoms with Gasteiger partial charge in [0.15, 0.2) is 0 Å². The average molecular weight is 279 g/mol. The molecule has 3 heteroatoms. The van der Waals surface area contributed by atoms with Crippen LogP contribution in [0.5, 0.6) is 0 Å². The molecule has 0 bridgehead atoms. The largest absolute Gasteiger partial charge is 0.257 e. The average Bonchev–Trinajstić information content (AvgIpc) is 2.03. The van der Waals surface area contributed by atoms with Gasteiger partial charge in [-0.15, -0.1) is 0 Å². The van der Waals surface area contributed by atoms with Crippen LogP contribution in [-0.2, 0) is 10.7 Å². The van der Waals surface area contributed by atoms with Gasteiger partial charge in [0.05, 0.1) is 5.69 Å². The van der Waals surface area contributed by atoms with Crippen molar-refractivity contribution in [2.45, 2.75) is 17.6 Å². The van der Waals surface area contributed by atoms with Crippen LogP contribution in [0.3, 0.4) is 0 Å². The van der Waals surface area contributed by atoms with Crippen molar-refractivity contribution in [1.29, 1.82) is 0 Å². The van der Waals surface area contributed by atoms with E-state index in [0.717, 1.165) is 22.0 Å². The molecule has 1 aromatic heterocycles. The number of aromatic nitrogens is 1. The highest BCUT2D eigenvalue weighted by atomic mass is 79.9. The van der Waals surface area contributed by atoms with Crippen LogP contribution in [0.15, 0.2) is 12.1 Å². The van der Waals surface area contributed by atoms with Crippen LogP contribution in [0.1, 0.15) is 17.0 Å². The molecule has 0 saturated heterocycles. The van der Waals surface area contributed by atoms with E-state index in [-0.39, 0.29) is 0 Å². The van der Waals surface area contributed by atoms with Gasteiger partial charge in [0.25, 0.3) is 0 Å². The molecule has 1 rings (SSSR count). The first-order valence-electron chi connectivity index (χ1n) is 3.34. The second kappa shape index (κ2) is 4.21. The van der Waals surface area contributed by atoms with E-state index in [1.807, 2.05) is 6.92 Å². The fourth-order valence-corrected chi connectivity index (χ4v) is 1.57. The van der Waals surface area contributed by atoms with Crippen molar-refractivity contribution in [3.8, 4) is 0 Å². The van der Waals surface area contributed by atoms with Crippen LogP contribution in [0, 0.1) is 6.92 Å². The third kappa shape index (κ3) is 2.56. The zero-order chi connectivity index (χ0) is 8.27. The molecule has 0 radical (unpaired) electrons. The van der Waals surface area contributed by atoms with Gasteiger partial charge in [-0.1, -0.05) is 31.9 Å². The first-order chi connectivity index (χ1) is 5.26. The minimum Gasteiger partial charge on any atom is -0.257 e. The molecule has 60 valence electrons. The Hall–Kier alpha value is 0.110. The van der Waals surface area contributed by atoms with E-state index in [9.17, 15) is 0 Å². The number of rotatable bonds is 2. The summed E-state index contributed by atoms with van der Waals surface area (Å²) in [7, 11) is 0. The number of pyridine rings is 1. The molecule has 0 aliphatic heterocycles. The van der Waals surface area contributed by atoms with Gasteiger partial charge in [0, 0.05) is 16.4 Å². The maximum atomic E-state index is 4.33. The number of alkyl halides is 2. The lowest BCUT2D eigenvalue weighted by molar-refractivity contribution is 1.09. The van der Waals surface area contributed by atoms with E-state index in [1.165, 1.54) is 5.56 Å². The predicted molar refractivity (Wildman–Crippen MR) is 54.2 cm³/mol. The lowest BCUT2D eigenvalue weighted by Crippen LogP contribution is -1.91. The second-order valence-corrected chi connectivity index (χ2v) is 3.50. The highest BCUT2D eigenvalue weighted by Crippen LogP contribution is 2.11. The van der Waals surface area contributed by atoms with Crippen molar-refractivity contribution in [2.24, 2.45) is 0 Å². The van der Waals surface area contributed by atoms with Gasteiger partial charge >= 0.3 is 0 Å². The van der Waals surface area contributed by atoms with Crippen molar-refractivity contribution in [1.82, 2.24) is 4.98 Å². The Balaban J connectivity index is 3.02. The van der Waals surface area contributed by atoms with Crippen LogP contribution < -0.4 is 0 Å². The van der Waals surface area contributed by atoms with Gasteiger partial charge < -0.3 is 0 Å². The summed E-state index contributed by atoms with van der Waals surface area (Å²) in [5.41, 5.74) is 3.46. The Morgan fingerprint density at radius 2 is 2.00 bits per heavy atom. The van der Waals surface area contributed by atoms with Gasteiger partial charge in [-0.05, 0) is 24.6 Å². The van der Waals surface area contributed by atoms with Crippen LogP contribution in [0.4, 0.5) is 0 Å².